The fourth-order valence-electron chi connectivity index (χ4n) is 3.32. The normalized spacial score (nSPS) is 13.8. The fraction of sp³-hybridized carbons (Fsp3) is 0.263. The van der Waals surface area contributed by atoms with Crippen molar-refractivity contribution in [3.63, 3.8) is 0 Å². The van der Waals surface area contributed by atoms with E-state index in [1.807, 2.05) is 30.7 Å². The molecule has 3 aromatic rings. The van der Waals surface area contributed by atoms with Crippen molar-refractivity contribution in [3.8, 4) is 11.4 Å². The van der Waals surface area contributed by atoms with Gasteiger partial charge in [-0.1, -0.05) is 18.2 Å². The van der Waals surface area contributed by atoms with E-state index in [0.717, 1.165) is 31.0 Å². The van der Waals surface area contributed by atoms with E-state index < -0.39 is 0 Å². The molecule has 0 fully saturated rings. The lowest BCUT2D eigenvalue weighted by Crippen LogP contribution is -2.32. The van der Waals surface area contributed by atoms with Gasteiger partial charge in [0.25, 0.3) is 0 Å². The third-order valence-electron chi connectivity index (χ3n) is 4.47. The predicted molar refractivity (Wildman–Crippen MR) is 92.4 cm³/mol. The number of anilines is 1. The largest absolute Gasteiger partial charge is 0.370 e. The zero-order chi connectivity index (χ0) is 15.5. The first-order chi connectivity index (χ1) is 11.4. The Hall–Kier alpha value is -2.62. The number of rotatable bonds is 4. The van der Waals surface area contributed by atoms with Crippen molar-refractivity contribution in [2.45, 2.75) is 19.4 Å². The first-order valence-electron chi connectivity index (χ1n) is 8.16. The summed E-state index contributed by atoms with van der Waals surface area (Å²) in [5, 5.41) is 0. The molecule has 0 N–H and O–H groups in total. The van der Waals surface area contributed by atoms with Crippen molar-refractivity contribution in [3.05, 3.63) is 66.7 Å². The van der Waals surface area contributed by atoms with Crippen LogP contribution >= 0.6 is 0 Å². The fourth-order valence-corrected chi connectivity index (χ4v) is 3.32. The second-order valence-corrected chi connectivity index (χ2v) is 5.90. The number of imidazole rings is 1. The van der Waals surface area contributed by atoms with Gasteiger partial charge in [0, 0.05) is 55.7 Å². The van der Waals surface area contributed by atoms with Crippen LogP contribution in [0.5, 0.6) is 0 Å². The van der Waals surface area contributed by atoms with Gasteiger partial charge >= 0.3 is 0 Å². The average Bonchev–Trinajstić information content (AvgIpc) is 3.09. The highest BCUT2D eigenvalue weighted by Crippen LogP contribution is 2.26. The van der Waals surface area contributed by atoms with Gasteiger partial charge in [0.05, 0.1) is 0 Å². The topological polar surface area (TPSA) is 34.0 Å². The van der Waals surface area contributed by atoms with Crippen LogP contribution in [0.25, 0.3) is 11.4 Å². The van der Waals surface area contributed by atoms with Crippen LogP contribution in [-0.2, 0) is 13.0 Å². The molecular formula is C19H20N4. The Bertz CT molecular complexity index is 779. The van der Waals surface area contributed by atoms with Crippen molar-refractivity contribution in [1.82, 2.24) is 14.5 Å². The van der Waals surface area contributed by atoms with E-state index >= 15 is 0 Å². The molecule has 116 valence electrons. The lowest BCUT2D eigenvalue weighted by atomic mass is 10.0. The number of para-hydroxylation sites is 1. The van der Waals surface area contributed by atoms with E-state index in [2.05, 4.69) is 49.9 Å². The lowest BCUT2D eigenvalue weighted by Gasteiger charge is -2.31. The molecule has 1 aromatic carbocycles. The summed E-state index contributed by atoms with van der Waals surface area (Å²) in [5.41, 5.74) is 3.98. The van der Waals surface area contributed by atoms with Crippen LogP contribution in [0.15, 0.2) is 61.2 Å². The summed E-state index contributed by atoms with van der Waals surface area (Å²) in [6.07, 6.45) is 9.99. The zero-order valence-electron chi connectivity index (χ0n) is 13.1. The number of benzene rings is 1. The SMILES string of the molecule is c1ccc2c(c1)CCCN2CCn1ccnc1-c1ccncc1. The number of hydrogen-bond acceptors (Lipinski definition) is 3. The number of aromatic nitrogens is 3. The molecule has 3 heterocycles. The molecule has 2 aromatic heterocycles. The molecule has 0 atom stereocenters. The summed E-state index contributed by atoms with van der Waals surface area (Å²) < 4.78 is 2.23. The second-order valence-electron chi connectivity index (χ2n) is 5.90. The summed E-state index contributed by atoms with van der Waals surface area (Å²) in [6, 6.07) is 12.8. The summed E-state index contributed by atoms with van der Waals surface area (Å²) >= 11 is 0. The number of nitrogens with zero attached hydrogens (tertiary/aromatic N) is 4. The third-order valence-corrected chi connectivity index (χ3v) is 4.47. The van der Waals surface area contributed by atoms with Crippen molar-refractivity contribution < 1.29 is 0 Å². The van der Waals surface area contributed by atoms with Gasteiger partial charge in [-0.15, -0.1) is 0 Å². The van der Waals surface area contributed by atoms with E-state index in [0.29, 0.717) is 0 Å². The van der Waals surface area contributed by atoms with Crippen LogP contribution in [0.3, 0.4) is 0 Å². The number of fused-ring (bicyclic) bond motifs is 1. The molecule has 0 saturated carbocycles. The van der Waals surface area contributed by atoms with E-state index in [9.17, 15) is 0 Å². The molecule has 0 bridgehead atoms. The second kappa shape index (κ2) is 6.24. The van der Waals surface area contributed by atoms with Gasteiger partial charge < -0.3 is 9.47 Å². The Balaban J connectivity index is 1.52. The molecule has 0 aliphatic carbocycles. The Kier molecular flexibility index (Phi) is 3.80. The van der Waals surface area contributed by atoms with Crippen LogP contribution in [0.1, 0.15) is 12.0 Å². The number of aryl methyl sites for hydroxylation is 1. The summed E-state index contributed by atoms with van der Waals surface area (Å²) in [6.45, 7) is 3.08. The Morgan fingerprint density at radius 2 is 1.83 bits per heavy atom. The number of hydrogen-bond donors (Lipinski definition) is 0. The lowest BCUT2D eigenvalue weighted by molar-refractivity contribution is 0.625. The molecule has 4 nitrogen and oxygen atoms in total. The van der Waals surface area contributed by atoms with Gasteiger partial charge in [-0.2, -0.15) is 0 Å². The maximum Gasteiger partial charge on any atom is 0.140 e. The summed E-state index contributed by atoms with van der Waals surface area (Å²) in [5.74, 6) is 1.01. The van der Waals surface area contributed by atoms with Gasteiger partial charge in [0.15, 0.2) is 0 Å². The van der Waals surface area contributed by atoms with Gasteiger partial charge in [-0.25, -0.2) is 4.98 Å². The predicted octanol–water partition coefficient (Wildman–Crippen LogP) is 3.40. The molecule has 0 radical (unpaired) electrons. The van der Waals surface area contributed by atoms with Crippen LogP contribution in [-0.4, -0.2) is 27.6 Å². The van der Waals surface area contributed by atoms with Crippen LogP contribution in [0.4, 0.5) is 5.69 Å². The first-order valence-corrected chi connectivity index (χ1v) is 8.16. The number of pyridine rings is 1. The highest BCUT2D eigenvalue weighted by atomic mass is 15.2. The molecule has 4 heteroatoms. The van der Waals surface area contributed by atoms with Crippen molar-refractivity contribution >= 4 is 5.69 Å². The Labute approximate surface area is 136 Å². The molecule has 23 heavy (non-hydrogen) atoms. The Morgan fingerprint density at radius 3 is 2.74 bits per heavy atom. The molecular weight excluding hydrogens is 284 g/mol. The molecule has 0 spiro atoms. The van der Waals surface area contributed by atoms with Gasteiger partial charge in [0.2, 0.25) is 0 Å². The molecule has 0 amide bonds. The van der Waals surface area contributed by atoms with Gasteiger partial charge in [0.1, 0.15) is 5.82 Å². The maximum absolute atomic E-state index is 4.51. The molecule has 0 saturated heterocycles. The van der Waals surface area contributed by atoms with Crippen molar-refractivity contribution in [2.24, 2.45) is 0 Å². The highest BCUT2D eigenvalue weighted by molar-refractivity contribution is 5.56. The summed E-state index contributed by atoms with van der Waals surface area (Å²) in [4.78, 5) is 11.1. The summed E-state index contributed by atoms with van der Waals surface area (Å²) in [7, 11) is 0. The van der Waals surface area contributed by atoms with Crippen LogP contribution in [0.2, 0.25) is 0 Å². The minimum atomic E-state index is 0.936. The van der Waals surface area contributed by atoms with Crippen molar-refractivity contribution in [2.75, 3.05) is 18.0 Å². The average molecular weight is 304 g/mol. The quantitative estimate of drug-likeness (QED) is 0.741. The van der Waals surface area contributed by atoms with E-state index in [4.69, 9.17) is 0 Å². The molecule has 0 unspecified atom stereocenters. The van der Waals surface area contributed by atoms with E-state index in [1.54, 1.807) is 0 Å². The molecule has 4 rings (SSSR count). The Morgan fingerprint density at radius 1 is 0.957 bits per heavy atom. The van der Waals surface area contributed by atoms with Crippen molar-refractivity contribution in [1.29, 1.82) is 0 Å². The van der Waals surface area contributed by atoms with Crippen LogP contribution < -0.4 is 4.90 Å². The highest BCUT2D eigenvalue weighted by Gasteiger charge is 2.16. The smallest absolute Gasteiger partial charge is 0.140 e. The maximum atomic E-state index is 4.51. The minimum Gasteiger partial charge on any atom is -0.370 e. The standard InChI is InChI=1S/C19H20N4/c1-2-6-18-16(4-1)5-3-12-22(18)14-15-23-13-11-21-19(23)17-7-9-20-10-8-17/h1-2,4,6-11,13H,3,5,12,14-15H2. The van der Waals surface area contributed by atoms with Crippen LogP contribution in [0, 0.1) is 0 Å². The van der Waals surface area contributed by atoms with E-state index in [-0.39, 0.29) is 0 Å². The zero-order valence-corrected chi connectivity index (χ0v) is 13.1. The molecule has 1 aliphatic heterocycles. The third kappa shape index (κ3) is 2.84. The molecule has 1 aliphatic rings. The van der Waals surface area contributed by atoms with E-state index in [1.165, 1.54) is 24.1 Å². The van der Waals surface area contributed by atoms with Gasteiger partial charge in [-0.3, -0.25) is 4.98 Å². The first kappa shape index (κ1) is 14.0. The van der Waals surface area contributed by atoms with Gasteiger partial charge in [-0.05, 0) is 36.6 Å². The minimum absolute atomic E-state index is 0.936. The monoisotopic (exact) mass is 304 g/mol.